The average molecular weight is 260 g/mol. The standard InChI is InChI=1S/C16H24N2O/c1-13(15-8-5-11-17-12-15)18(2)16(19)10-9-14-6-3-4-7-14/h5,8,11-14H,3-4,6-7,9-10H2,1-2H3. The van der Waals surface area contributed by atoms with Gasteiger partial charge >= 0.3 is 0 Å². The van der Waals surface area contributed by atoms with Crippen LogP contribution in [0.15, 0.2) is 24.5 Å². The van der Waals surface area contributed by atoms with Crippen LogP contribution in [0.2, 0.25) is 0 Å². The Bertz CT molecular complexity index is 398. The molecule has 1 amide bonds. The molecule has 3 heteroatoms. The van der Waals surface area contributed by atoms with Crippen LogP contribution in [0, 0.1) is 5.92 Å². The van der Waals surface area contributed by atoms with E-state index in [4.69, 9.17) is 0 Å². The molecule has 0 spiro atoms. The Morgan fingerprint density at radius 3 is 2.84 bits per heavy atom. The van der Waals surface area contributed by atoms with Crippen LogP contribution in [0.1, 0.15) is 57.1 Å². The molecular weight excluding hydrogens is 236 g/mol. The van der Waals surface area contributed by atoms with E-state index in [1.165, 1.54) is 25.7 Å². The third kappa shape index (κ3) is 3.79. The predicted octanol–water partition coefficient (Wildman–Crippen LogP) is 3.57. The molecule has 1 aromatic heterocycles. The lowest BCUT2D eigenvalue weighted by Crippen LogP contribution is -2.29. The van der Waals surface area contributed by atoms with Gasteiger partial charge in [-0.15, -0.1) is 0 Å². The average Bonchev–Trinajstić information content (AvgIpc) is 2.97. The van der Waals surface area contributed by atoms with Crippen molar-refractivity contribution in [3.05, 3.63) is 30.1 Å². The van der Waals surface area contributed by atoms with Crippen molar-refractivity contribution in [2.45, 2.75) is 51.5 Å². The van der Waals surface area contributed by atoms with Crippen molar-refractivity contribution in [2.75, 3.05) is 7.05 Å². The third-order valence-corrected chi connectivity index (χ3v) is 4.38. The first-order chi connectivity index (χ1) is 9.18. The summed E-state index contributed by atoms with van der Waals surface area (Å²) in [7, 11) is 1.90. The molecule has 0 saturated heterocycles. The molecule has 0 N–H and O–H groups in total. The van der Waals surface area contributed by atoms with Crippen molar-refractivity contribution in [2.24, 2.45) is 5.92 Å². The Morgan fingerprint density at radius 2 is 2.21 bits per heavy atom. The number of hydrogen-bond acceptors (Lipinski definition) is 2. The summed E-state index contributed by atoms with van der Waals surface area (Å²) < 4.78 is 0. The van der Waals surface area contributed by atoms with E-state index in [9.17, 15) is 4.79 Å². The molecule has 1 heterocycles. The van der Waals surface area contributed by atoms with Gasteiger partial charge in [-0.05, 0) is 30.9 Å². The van der Waals surface area contributed by atoms with Crippen LogP contribution in [-0.4, -0.2) is 22.8 Å². The van der Waals surface area contributed by atoms with Gasteiger partial charge in [-0.2, -0.15) is 0 Å². The summed E-state index contributed by atoms with van der Waals surface area (Å²) >= 11 is 0. The number of carbonyl (C=O) groups excluding carboxylic acids is 1. The highest BCUT2D eigenvalue weighted by atomic mass is 16.2. The van der Waals surface area contributed by atoms with Gasteiger partial charge < -0.3 is 4.90 Å². The van der Waals surface area contributed by atoms with Gasteiger partial charge in [-0.1, -0.05) is 31.7 Å². The number of nitrogens with zero attached hydrogens (tertiary/aromatic N) is 2. The zero-order valence-electron chi connectivity index (χ0n) is 12.0. The minimum absolute atomic E-state index is 0.102. The largest absolute Gasteiger partial charge is 0.339 e. The summed E-state index contributed by atoms with van der Waals surface area (Å²) in [5.74, 6) is 1.04. The zero-order chi connectivity index (χ0) is 13.7. The van der Waals surface area contributed by atoms with Gasteiger partial charge in [0.05, 0.1) is 6.04 Å². The van der Waals surface area contributed by atoms with E-state index in [0.717, 1.165) is 17.9 Å². The minimum Gasteiger partial charge on any atom is -0.339 e. The summed E-state index contributed by atoms with van der Waals surface area (Å²) in [6.07, 6.45) is 10.7. The second-order valence-corrected chi connectivity index (χ2v) is 5.66. The van der Waals surface area contributed by atoms with Gasteiger partial charge in [0.1, 0.15) is 0 Å². The van der Waals surface area contributed by atoms with E-state index in [-0.39, 0.29) is 11.9 Å². The molecule has 0 radical (unpaired) electrons. The molecule has 2 rings (SSSR count). The van der Waals surface area contributed by atoms with Crippen LogP contribution in [0.5, 0.6) is 0 Å². The fourth-order valence-corrected chi connectivity index (χ4v) is 2.87. The lowest BCUT2D eigenvalue weighted by atomic mass is 10.0. The highest BCUT2D eigenvalue weighted by Crippen LogP contribution is 2.29. The van der Waals surface area contributed by atoms with Crippen molar-refractivity contribution in [3.63, 3.8) is 0 Å². The molecular formula is C16H24N2O. The summed E-state index contributed by atoms with van der Waals surface area (Å²) in [6, 6.07) is 4.05. The van der Waals surface area contributed by atoms with Gasteiger partial charge in [0.2, 0.25) is 5.91 Å². The topological polar surface area (TPSA) is 33.2 Å². The summed E-state index contributed by atoms with van der Waals surface area (Å²) in [5.41, 5.74) is 1.10. The molecule has 1 atom stereocenters. The Morgan fingerprint density at radius 1 is 1.47 bits per heavy atom. The Kier molecular flexibility index (Phi) is 4.94. The highest BCUT2D eigenvalue weighted by Gasteiger charge is 2.20. The molecule has 1 unspecified atom stereocenters. The molecule has 1 aliphatic carbocycles. The van der Waals surface area contributed by atoms with Crippen molar-refractivity contribution in [3.8, 4) is 0 Å². The molecule has 0 aromatic carbocycles. The third-order valence-electron chi connectivity index (χ3n) is 4.38. The maximum Gasteiger partial charge on any atom is 0.222 e. The van der Waals surface area contributed by atoms with Gasteiger partial charge in [0.15, 0.2) is 0 Å². The normalized spacial score (nSPS) is 17.4. The van der Waals surface area contributed by atoms with Crippen LogP contribution in [0.3, 0.4) is 0 Å². The SMILES string of the molecule is CC(c1cccnc1)N(C)C(=O)CCC1CCCC1. The Balaban J connectivity index is 1.84. The molecule has 0 aliphatic heterocycles. The molecule has 1 aromatic rings. The lowest BCUT2D eigenvalue weighted by Gasteiger charge is -2.25. The van der Waals surface area contributed by atoms with Gasteiger partial charge in [-0.3, -0.25) is 9.78 Å². The van der Waals surface area contributed by atoms with Gasteiger partial charge in [0, 0.05) is 25.9 Å². The number of rotatable bonds is 5. The van der Waals surface area contributed by atoms with E-state index in [1.54, 1.807) is 6.20 Å². The number of amides is 1. The van der Waals surface area contributed by atoms with Crippen LogP contribution in [0.25, 0.3) is 0 Å². The van der Waals surface area contributed by atoms with Crippen molar-refractivity contribution in [1.82, 2.24) is 9.88 Å². The fourth-order valence-electron chi connectivity index (χ4n) is 2.87. The Hall–Kier alpha value is -1.38. The quantitative estimate of drug-likeness (QED) is 0.811. The second-order valence-electron chi connectivity index (χ2n) is 5.66. The number of hydrogen-bond donors (Lipinski definition) is 0. The lowest BCUT2D eigenvalue weighted by molar-refractivity contribution is -0.132. The van der Waals surface area contributed by atoms with E-state index in [2.05, 4.69) is 11.9 Å². The van der Waals surface area contributed by atoms with Crippen LogP contribution in [-0.2, 0) is 4.79 Å². The smallest absolute Gasteiger partial charge is 0.222 e. The van der Waals surface area contributed by atoms with Crippen LogP contribution < -0.4 is 0 Å². The van der Waals surface area contributed by atoms with Crippen molar-refractivity contribution in [1.29, 1.82) is 0 Å². The molecule has 104 valence electrons. The van der Waals surface area contributed by atoms with Gasteiger partial charge in [0.25, 0.3) is 0 Å². The molecule has 0 bridgehead atoms. The zero-order valence-corrected chi connectivity index (χ0v) is 12.0. The van der Waals surface area contributed by atoms with Crippen molar-refractivity contribution >= 4 is 5.91 Å². The van der Waals surface area contributed by atoms with Crippen LogP contribution in [0.4, 0.5) is 0 Å². The monoisotopic (exact) mass is 260 g/mol. The van der Waals surface area contributed by atoms with E-state index < -0.39 is 0 Å². The minimum atomic E-state index is 0.102. The van der Waals surface area contributed by atoms with E-state index >= 15 is 0 Å². The van der Waals surface area contributed by atoms with Crippen LogP contribution >= 0.6 is 0 Å². The number of pyridine rings is 1. The maximum atomic E-state index is 12.2. The summed E-state index contributed by atoms with van der Waals surface area (Å²) in [4.78, 5) is 18.2. The highest BCUT2D eigenvalue weighted by molar-refractivity contribution is 5.76. The summed E-state index contributed by atoms with van der Waals surface area (Å²) in [6.45, 7) is 2.06. The second kappa shape index (κ2) is 6.69. The van der Waals surface area contributed by atoms with Gasteiger partial charge in [-0.25, -0.2) is 0 Å². The van der Waals surface area contributed by atoms with E-state index in [1.807, 2.05) is 30.3 Å². The van der Waals surface area contributed by atoms with E-state index in [0.29, 0.717) is 6.42 Å². The molecule has 1 saturated carbocycles. The molecule has 1 aliphatic rings. The first-order valence-corrected chi connectivity index (χ1v) is 7.34. The maximum absolute atomic E-state index is 12.2. The first-order valence-electron chi connectivity index (χ1n) is 7.34. The number of carbonyl (C=O) groups is 1. The predicted molar refractivity (Wildman–Crippen MR) is 76.6 cm³/mol. The molecule has 19 heavy (non-hydrogen) atoms. The van der Waals surface area contributed by atoms with Crippen molar-refractivity contribution < 1.29 is 4.79 Å². The molecule has 1 fully saturated rings. The number of aromatic nitrogens is 1. The Labute approximate surface area is 116 Å². The summed E-state index contributed by atoms with van der Waals surface area (Å²) in [5, 5.41) is 0. The fraction of sp³-hybridized carbons (Fsp3) is 0.625. The first kappa shape index (κ1) is 14.0. The molecule has 3 nitrogen and oxygen atoms in total.